The van der Waals surface area contributed by atoms with Gasteiger partial charge >= 0.3 is 25.6 Å². The summed E-state index contributed by atoms with van der Waals surface area (Å²) >= 11 is 1.47. The molecule has 5 heteroatoms. The van der Waals surface area contributed by atoms with E-state index in [-0.39, 0.29) is 26.4 Å². The summed E-state index contributed by atoms with van der Waals surface area (Å²) in [4.78, 5) is 0. The van der Waals surface area contributed by atoms with Gasteiger partial charge in [0.1, 0.15) is 0 Å². The molecule has 0 rings (SSSR count). The van der Waals surface area contributed by atoms with Crippen molar-refractivity contribution in [3.8, 4) is 0 Å². The second kappa shape index (κ2) is 14.6. The minimum absolute atomic E-state index is 0.0502. The number of rotatable bonds is 0. The van der Waals surface area contributed by atoms with Crippen LogP contribution in [0.4, 0.5) is 0 Å². The molecule has 0 aliphatic heterocycles. The molecule has 6 radical (unpaired) electrons. The quantitative estimate of drug-likeness (QED) is 0.327. The van der Waals surface area contributed by atoms with Crippen molar-refractivity contribution < 1.29 is 0 Å². The molecule has 0 unspecified atom stereocenters. The van der Waals surface area contributed by atoms with Gasteiger partial charge in [-0.05, 0) is 15.1 Å². The van der Waals surface area contributed by atoms with E-state index in [1.165, 1.54) is 15.6 Å². The number of hydrogen-bond acceptors (Lipinski definition) is 0. The average molecular weight is 454 g/mol. The molecule has 140 valence electrons. The van der Waals surface area contributed by atoms with Gasteiger partial charge in [0.2, 0.25) is 0 Å². The van der Waals surface area contributed by atoms with Crippen molar-refractivity contribution >= 4 is 52.0 Å². The third-order valence-corrected chi connectivity index (χ3v) is 13.5. The molecule has 0 saturated carbocycles. The van der Waals surface area contributed by atoms with Crippen molar-refractivity contribution in [3.63, 3.8) is 0 Å². The van der Waals surface area contributed by atoms with Crippen LogP contribution in [0.5, 0.6) is 0 Å². The van der Waals surface area contributed by atoms with Gasteiger partial charge in [-0.3, -0.25) is 0 Å². The molecule has 0 spiro atoms. The van der Waals surface area contributed by atoms with E-state index in [1.54, 1.807) is 0 Å². The van der Waals surface area contributed by atoms with Crippen molar-refractivity contribution in [2.75, 3.05) is 0 Å². The van der Waals surface area contributed by atoms with Crippen LogP contribution in [-0.4, -0.2) is 42.0 Å². The zero-order valence-electron chi connectivity index (χ0n) is 18.9. The summed E-state index contributed by atoms with van der Waals surface area (Å²) < 4.78 is 0. The summed E-state index contributed by atoms with van der Waals surface area (Å²) in [7, 11) is 4.49. The van der Waals surface area contributed by atoms with Gasteiger partial charge in [-0.2, -0.15) is 0 Å². The van der Waals surface area contributed by atoms with Crippen molar-refractivity contribution in [2.45, 2.75) is 117 Å². The molecule has 0 atom stereocenters. The topological polar surface area (TPSA) is 0 Å². The van der Waals surface area contributed by atoms with Crippen LogP contribution in [0.15, 0.2) is 0 Å². The van der Waals surface area contributed by atoms with Crippen molar-refractivity contribution in [3.05, 3.63) is 0 Å². The Kier molecular flexibility index (Phi) is 20.5. The van der Waals surface area contributed by atoms with E-state index in [0.29, 0.717) is 15.1 Å². The predicted octanol–water partition coefficient (Wildman–Crippen LogP) is 7.93. The molecule has 0 fully saturated rings. The molecule has 0 amide bonds. The first kappa shape index (κ1) is 32.2. The summed E-state index contributed by atoms with van der Waals surface area (Å²) in [6.07, 6.45) is 0. The predicted molar refractivity (Wildman–Crippen MR) is 123 cm³/mol. The molecular weight excluding hydrogens is 409 g/mol. The molecular formula is C18H45ClGeSi3. The average Bonchev–Trinajstić information content (AvgIpc) is 2.29. The number of hydrogen-bond donors (Lipinski definition) is 0. The Hall–Kier alpha value is 1.48. The number of halogens is 1. The van der Waals surface area contributed by atoms with Crippen LogP contribution in [0.1, 0.15) is 62.3 Å². The molecule has 0 nitrogen and oxygen atoms in total. The third kappa shape index (κ3) is 28.6. The molecule has 0 aliphatic rings. The summed E-state index contributed by atoms with van der Waals surface area (Å²) in [5.74, 6) is 0. The second-order valence-corrected chi connectivity index (χ2v) is 20.2. The molecule has 0 aromatic rings. The van der Waals surface area contributed by atoms with Crippen LogP contribution < -0.4 is 0 Å². The first-order chi connectivity index (χ1) is 9.83. The Morgan fingerprint density at radius 3 is 0.478 bits per heavy atom. The summed E-state index contributed by atoms with van der Waals surface area (Å²) in [6, 6.07) is 0. The molecule has 0 saturated heterocycles. The van der Waals surface area contributed by atoms with Crippen LogP contribution in [0.25, 0.3) is 0 Å². The first-order valence-corrected chi connectivity index (χ1v) is 18.7. The van der Waals surface area contributed by atoms with Crippen LogP contribution in [-0.2, 0) is 0 Å². The summed E-state index contributed by atoms with van der Waals surface area (Å²) in [5, 5.41) is 1.81. The van der Waals surface area contributed by atoms with Crippen LogP contribution in [0.3, 0.4) is 0 Å². The van der Waals surface area contributed by atoms with Crippen molar-refractivity contribution in [1.29, 1.82) is 0 Å². The zero-order chi connectivity index (χ0) is 20.2. The van der Waals surface area contributed by atoms with Gasteiger partial charge in [-0.15, -0.1) is 0 Å². The molecule has 0 N–H and O–H groups in total. The van der Waals surface area contributed by atoms with Crippen LogP contribution in [0.2, 0.25) is 54.4 Å². The van der Waals surface area contributed by atoms with Crippen LogP contribution >= 0.6 is 10.0 Å². The fourth-order valence-corrected chi connectivity index (χ4v) is 0. The zero-order valence-corrected chi connectivity index (χ0v) is 24.7. The Morgan fingerprint density at radius 1 is 0.435 bits per heavy atom. The molecule has 0 aromatic carbocycles. The van der Waals surface area contributed by atoms with Gasteiger partial charge < -0.3 is 0 Å². The molecule has 23 heavy (non-hydrogen) atoms. The molecule has 0 heterocycles. The third-order valence-electron chi connectivity index (χ3n) is 4.50. The Bertz CT molecular complexity index is 204. The van der Waals surface area contributed by atoms with E-state index >= 15 is 0 Å². The van der Waals surface area contributed by atoms with Gasteiger partial charge in [-0.25, -0.2) is 0 Å². The van der Waals surface area contributed by atoms with Crippen LogP contribution in [0, 0.1) is 0 Å². The van der Waals surface area contributed by atoms with Gasteiger partial charge in [0.25, 0.3) is 0 Å². The van der Waals surface area contributed by atoms with E-state index in [2.05, 4.69) is 112 Å². The SMILES string of the molecule is C[Si](C)C(C)(C)C.C[Si](C)C(C)(C)C.C[Si](C)C(C)(C)C.[Cl][Ge]. The molecule has 0 aromatic heterocycles. The fourth-order valence-electron chi connectivity index (χ4n) is 0. The van der Waals surface area contributed by atoms with Crippen molar-refractivity contribution in [1.82, 2.24) is 0 Å². The Labute approximate surface area is 168 Å². The van der Waals surface area contributed by atoms with E-state index < -0.39 is 0 Å². The summed E-state index contributed by atoms with van der Waals surface area (Å²) in [5.41, 5.74) is 0. The van der Waals surface area contributed by atoms with Crippen molar-refractivity contribution in [2.24, 2.45) is 0 Å². The minimum atomic E-state index is -0.0502. The normalized spacial score (nSPS) is 12.0. The van der Waals surface area contributed by atoms with E-state index in [1.807, 2.05) is 0 Å². The Morgan fingerprint density at radius 2 is 0.478 bits per heavy atom. The Balaban J connectivity index is -0.000000111. The van der Waals surface area contributed by atoms with Gasteiger partial charge in [-0.1, -0.05) is 102 Å². The van der Waals surface area contributed by atoms with Gasteiger partial charge in [0.05, 0.1) is 0 Å². The van der Waals surface area contributed by atoms with Gasteiger partial charge in [0.15, 0.2) is 0 Å². The van der Waals surface area contributed by atoms with E-state index in [4.69, 9.17) is 0 Å². The maximum atomic E-state index is 4.64. The monoisotopic (exact) mass is 454 g/mol. The fraction of sp³-hybridized carbons (Fsp3) is 1.00. The van der Waals surface area contributed by atoms with E-state index in [0.717, 1.165) is 0 Å². The standard InChI is InChI=1S/3C6H15Si.ClGe/c3*1-6(2,3)7(4)5;1-2/h3*1-5H3;. The van der Waals surface area contributed by atoms with Gasteiger partial charge in [0, 0.05) is 26.4 Å². The first-order valence-electron chi connectivity index (χ1n) is 8.44. The maximum absolute atomic E-state index is 4.64. The van der Waals surface area contributed by atoms with E-state index in [9.17, 15) is 0 Å². The molecule has 0 bridgehead atoms. The molecule has 0 aliphatic carbocycles. The summed E-state index contributed by atoms with van der Waals surface area (Å²) in [6.45, 7) is 34.9. The second-order valence-electron chi connectivity index (χ2n) is 9.75.